The van der Waals surface area contributed by atoms with Gasteiger partial charge in [0.1, 0.15) is 6.61 Å². The van der Waals surface area contributed by atoms with Crippen molar-refractivity contribution < 1.29 is 14.6 Å². The fourth-order valence-corrected chi connectivity index (χ4v) is 1.96. The minimum atomic E-state index is -0.297. The van der Waals surface area contributed by atoms with Crippen molar-refractivity contribution in [3.8, 4) is 0 Å². The third-order valence-electron chi connectivity index (χ3n) is 3.14. The van der Waals surface area contributed by atoms with Crippen LogP contribution < -0.4 is 0 Å². The monoisotopic (exact) mass is 285 g/mol. The Kier molecular flexibility index (Phi) is 12.6. The van der Waals surface area contributed by atoms with Gasteiger partial charge in [-0.05, 0) is 26.3 Å². The van der Waals surface area contributed by atoms with E-state index in [4.69, 9.17) is 4.74 Å². The van der Waals surface area contributed by atoms with Gasteiger partial charge in [-0.2, -0.15) is 0 Å². The van der Waals surface area contributed by atoms with Gasteiger partial charge in [-0.15, -0.1) is 0 Å². The molecule has 0 rings (SSSR count). The molecule has 1 unspecified atom stereocenters. The topological polar surface area (TPSA) is 49.8 Å². The lowest BCUT2D eigenvalue weighted by molar-refractivity contribution is -0.138. The minimum absolute atomic E-state index is 0.280. The summed E-state index contributed by atoms with van der Waals surface area (Å²) in [6, 6.07) is 0. The second-order valence-corrected chi connectivity index (χ2v) is 5.12. The Hall–Kier alpha value is -0.870. The number of rotatable bonds is 12. The molecule has 0 fully saturated rings. The number of ether oxygens (including phenoxy) is 1. The van der Waals surface area contributed by atoms with Crippen LogP contribution in [0.15, 0.2) is 12.2 Å². The molecular weight excluding hydrogens is 254 g/mol. The molecule has 118 valence electrons. The number of hydrogen-bond donors (Lipinski definition) is 1. The van der Waals surface area contributed by atoms with Crippen molar-refractivity contribution in [1.29, 1.82) is 0 Å². The average Bonchev–Trinajstić information content (AvgIpc) is 2.42. The van der Waals surface area contributed by atoms with Crippen LogP contribution >= 0.6 is 0 Å². The maximum absolute atomic E-state index is 11.2. The van der Waals surface area contributed by atoms with Gasteiger partial charge in [0.15, 0.2) is 0 Å². The van der Waals surface area contributed by atoms with Crippen molar-refractivity contribution in [3.63, 3.8) is 0 Å². The van der Waals surface area contributed by atoms with E-state index in [1.807, 2.05) is 0 Å². The zero-order valence-corrected chi connectivity index (χ0v) is 13.3. The molecule has 0 saturated carbocycles. The van der Waals surface area contributed by atoms with Crippen LogP contribution in [-0.2, 0) is 9.53 Å². The van der Waals surface area contributed by atoms with E-state index in [1.165, 1.54) is 6.08 Å². The highest BCUT2D eigenvalue weighted by Gasteiger charge is 2.11. The SMILES string of the molecule is C/C=C/C(=O)OCCN(CCCC)CC(O)CCCC. The van der Waals surface area contributed by atoms with Gasteiger partial charge in [0.25, 0.3) is 0 Å². The van der Waals surface area contributed by atoms with Crippen LogP contribution in [0.5, 0.6) is 0 Å². The van der Waals surface area contributed by atoms with E-state index in [-0.39, 0.29) is 12.1 Å². The molecule has 1 N–H and O–H groups in total. The maximum Gasteiger partial charge on any atom is 0.330 e. The molecule has 0 heterocycles. The second kappa shape index (κ2) is 13.1. The highest BCUT2D eigenvalue weighted by atomic mass is 16.5. The van der Waals surface area contributed by atoms with Crippen LogP contribution in [0.3, 0.4) is 0 Å². The summed E-state index contributed by atoms with van der Waals surface area (Å²) in [6.07, 6.45) is 8.04. The molecular formula is C16H31NO3. The van der Waals surface area contributed by atoms with Crippen LogP contribution in [0.2, 0.25) is 0 Å². The molecule has 0 saturated heterocycles. The van der Waals surface area contributed by atoms with Crippen LogP contribution in [0.1, 0.15) is 52.9 Å². The average molecular weight is 285 g/mol. The van der Waals surface area contributed by atoms with E-state index < -0.39 is 0 Å². The highest BCUT2D eigenvalue weighted by molar-refractivity contribution is 5.81. The molecule has 0 aliphatic rings. The van der Waals surface area contributed by atoms with E-state index >= 15 is 0 Å². The van der Waals surface area contributed by atoms with Crippen LogP contribution in [-0.4, -0.2) is 48.3 Å². The summed E-state index contributed by atoms with van der Waals surface area (Å²) in [4.78, 5) is 13.4. The predicted molar refractivity (Wildman–Crippen MR) is 82.7 cm³/mol. The van der Waals surface area contributed by atoms with Crippen LogP contribution in [0.25, 0.3) is 0 Å². The molecule has 0 radical (unpaired) electrons. The molecule has 4 nitrogen and oxygen atoms in total. The van der Waals surface area contributed by atoms with E-state index in [9.17, 15) is 9.90 Å². The van der Waals surface area contributed by atoms with Gasteiger partial charge < -0.3 is 9.84 Å². The van der Waals surface area contributed by atoms with E-state index in [0.717, 1.165) is 38.6 Å². The minimum Gasteiger partial charge on any atom is -0.461 e. The van der Waals surface area contributed by atoms with E-state index in [1.54, 1.807) is 13.0 Å². The fraction of sp³-hybridized carbons (Fsp3) is 0.812. The summed E-state index contributed by atoms with van der Waals surface area (Å²) < 4.78 is 5.11. The van der Waals surface area contributed by atoms with Gasteiger partial charge in [-0.25, -0.2) is 4.79 Å². The fourth-order valence-electron chi connectivity index (χ4n) is 1.96. The summed E-state index contributed by atoms with van der Waals surface area (Å²) >= 11 is 0. The van der Waals surface area contributed by atoms with Gasteiger partial charge in [0, 0.05) is 19.2 Å². The van der Waals surface area contributed by atoms with Gasteiger partial charge in [0.2, 0.25) is 0 Å². The molecule has 4 heteroatoms. The Morgan fingerprint density at radius 2 is 1.95 bits per heavy atom. The number of unbranched alkanes of at least 4 members (excludes halogenated alkanes) is 2. The van der Waals surface area contributed by atoms with Crippen molar-refractivity contribution in [2.24, 2.45) is 0 Å². The first-order valence-electron chi connectivity index (χ1n) is 7.83. The van der Waals surface area contributed by atoms with Crippen molar-refractivity contribution in [1.82, 2.24) is 4.90 Å². The molecule has 1 atom stereocenters. The molecule has 0 aliphatic heterocycles. The number of aliphatic hydroxyl groups excluding tert-OH is 1. The van der Waals surface area contributed by atoms with Crippen molar-refractivity contribution in [2.45, 2.75) is 59.0 Å². The smallest absolute Gasteiger partial charge is 0.330 e. The Morgan fingerprint density at radius 1 is 1.25 bits per heavy atom. The summed E-state index contributed by atoms with van der Waals surface area (Å²) in [7, 11) is 0. The van der Waals surface area contributed by atoms with Crippen molar-refractivity contribution in [3.05, 3.63) is 12.2 Å². The number of allylic oxidation sites excluding steroid dienone is 1. The number of esters is 1. The Balaban J connectivity index is 4.03. The molecule has 0 spiro atoms. The standard InChI is InChI=1S/C16H31NO3/c1-4-7-10-15(18)14-17(11-8-5-2)12-13-20-16(19)9-6-3/h6,9,15,18H,4-5,7-8,10-14H2,1-3H3/b9-6+. The van der Waals surface area contributed by atoms with Crippen molar-refractivity contribution >= 4 is 5.97 Å². The number of nitrogens with zero attached hydrogens (tertiary/aromatic N) is 1. The molecule has 0 bridgehead atoms. The molecule has 0 aromatic heterocycles. The first kappa shape index (κ1) is 19.1. The number of hydrogen-bond acceptors (Lipinski definition) is 4. The van der Waals surface area contributed by atoms with Gasteiger partial charge >= 0.3 is 5.97 Å². The van der Waals surface area contributed by atoms with Crippen LogP contribution in [0, 0.1) is 0 Å². The number of carbonyl (C=O) groups excluding carboxylic acids is 1. The summed E-state index contributed by atoms with van der Waals surface area (Å²) in [6.45, 7) is 8.75. The van der Waals surface area contributed by atoms with Gasteiger partial charge in [-0.1, -0.05) is 39.2 Å². The summed E-state index contributed by atoms with van der Waals surface area (Å²) in [5.74, 6) is -0.297. The first-order chi connectivity index (χ1) is 9.63. The third-order valence-corrected chi connectivity index (χ3v) is 3.14. The number of carbonyl (C=O) groups is 1. The van der Waals surface area contributed by atoms with Crippen LogP contribution in [0.4, 0.5) is 0 Å². The normalized spacial score (nSPS) is 13.1. The Labute approximate surface area is 123 Å². The summed E-state index contributed by atoms with van der Waals surface area (Å²) in [5.41, 5.74) is 0. The molecule has 20 heavy (non-hydrogen) atoms. The third kappa shape index (κ3) is 11.0. The highest BCUT2D eigenvalue weighted by Crippen LogP contribution is 2.04. The maximum atomic E-state index is 11.2. The first-order valence-corrected chi connectivity index (χ1v) is 7.83. The van der Waals surface area contributed by atoms with Gasteiger partial charge in [-0.3, -0.25) is 4.90 Å². The van der Waals surface area contributed by atoms with E-state index in [2.05, 4.69) is 18.7 Å². The Bertz CT molecular complexity index is 266. The summed E-state index contributed by atoms with van der Waals surface area (Å²) in [5, 5.41) is 9.98. The van der Waals surface area contributed by atoms with Crippen molar-refractivity contribution in [2.75, 3.05) is 26.2 Å². The largest absolute Gasteiger partial charge is 0.461 e. The zero-order chi connectivity index (χ0) is 15.2. The van der Waals surface area contributed by atoms with E-state index in [0.29, 0.717) is 19.7 Å². The Morgan fingerprint density at radius 3 is 2.55 bits per heavy atom. The number of aliphatic hydroxyl groups is 1. The second-order valence-electron chi connectivity index (χ2n) is 5.12. The molecule has 0 aliphatic carbocycles. The lowest BCUT2D eigenvalue weighted by Crippen LogP contribution is -2.36. The lowest BCUT2D eigenvalue weighted by Gasteiger charge is -2.24. The van der Waals surface area contributed by atoms with Gasteiger partial charge in [0.05, 0.1) is 6.10 Å². The molecule has 0 amide bonds. The predicted octanol–water partition coefficient (Wildman–Crippen LogP) is 2.76. The molecule has 0 aromatic carbocycles. The molecule has 0 aromatic rings. The lowest BCUT2D eigenvalue weighted by atomic mass is 10.1. The quantitative estimate of drug-likeness (QED) is 0.442. The zero-order valence-electron chi connectivity index (χ0n) is 13.3.